The lowest BCUT2D eigenvalue weighted by atomic mass is 9.81. The number of hydrogen-bond acceptors (Lipinski definition) is 5. The number of pyridine rings is 1. The van der Waals surface area contributed by atoms with Gasteiger partial charge in [0, 0.05) is 57.0 Å². The molecule has 2 aliphatic heterocycles. The molecule has 2 fully saturated rings. The molecule has 7 nitrogen and oxygen atoms in total. The van der Waals surface area contributed by atoms with E-state index in [4.69, 9.17) is 9.47 Å². The van der Waals surface area contributed by atoms with Crippen molar-refractivity contribution >= 4 is 11.8 Å². The summed E-state index contributed by atoms with van der Waals surface area (Å²) in [7, 11) is 1.61. The standard InChI is InChI=1S/C18H25N3O4/c1-24-7-6-20-17(22)8-14-11-25-12-15-9-21(10-16(14)15)18(23)13-2-4-19-5-3-13/h2-5,14-16H,6-12H2,1H3,(H,20,22)/t14-,15-,16+/m1/s1. The van der Waals surface area contributed by atoms with E-state index in [1.807, 2.05) is 4.90 Å². The second-order valence-electron chi connectivity index (χ2n) is 6.71. The molecule has 25 heavy (non-hydrogen) atoms. The number of rotatable bonds is 6. The summed E-state index contributed by atoms with van der Waals surface area (Å²) in [5, 5.41) is 2.86. The van der Waals surface area contributed by atoms with E-state index in [9.17, 15) is 9.59 Å². The van der Waals surface area contributed by atoms with Crippen LogP contribution >= 0.6 is 0 Å². The van der Waals surface area contributed by atoms with Gasteiger partial charge in [-0.3, -0.25) is 14.6 Å². The molecule has 0 spiro atoms. The van der Waals surface area contributed by atoms with Crippen molar-refractivity contribution in [2.75, 3.05) is 46.6 Å². The molecule has 3 heterocycles. The molecule has 1 aromatic rings. The van der Waals surface area contributed by atoms with Crippen molar-refractivity contribution in [3.63, 3.8) is 0 Å². The number of likely N-dealkylation sites (tertiary alicyclic amines) is 1. The van der Waals surface area contributed by atoms with E-state index < -0.39 is 0 Å². The number of hydrogen-bond donors (Lipinski definition) is 1. The lowest BCUT2D eigenvalue weighted by Crippen LogP contribution is -2.38. The Balaban J connectivity index is 1.58. The second kappa shape index (κ2) is 8.40. The van der Waals surface area contributed by atoms with E-state index in [1.165, 1.54) is 0 Å². The average molecular weight is 347 g/mol. The van der Waals surface area contributed by atoms with Crippen molar-refractivity contribution in [3.8, 4) is 0 Å². The topological polar surface area (TPSA) is 80.8 Å². The molecule has 0 unspecified atom stereocenters. The first-order chi connectivity index (χ1) is 12.2. The Morgan fingerprint density at radius 3 is 2.88 bits per heavy atom. The molecule has 2 aliphatic rings. The Labute approximate surface area is 147 Å². The molecule has 3 rings (SSSR count). The minimum Gasteiger partial charge on any atom is -0.383 e. The SMILES string of the molecule is COCCNC(=O)C[C@@H]1COC[C@H]2CN(C(=O)c3ccncc3)C[C@@H]12. The fraction of sp³-hybridized carbons (Fsp3) is 0.611. The quantitative estimate of drug-likeness (QED) is 0.761. The largest absolute Gasteiger partial charge is 0.383 e. The van der Waals surface area contributed by atoms with E-state index in [2.05, 4.69) is 10.3 Å². The van der Waals surface area contributed by atoms with Crippen LogP contribution in [0, 0.1) is 17.8 Å². The summed E-state index contributed by atoms with van der Waals surface area (Å²) in [5.74, 6) is 0.811. The van der Waals surface area contributed by atoms with E-state index in [-0.39, 0.29) is 17.7 Å². The van der Waals surface area contributed by atoms with Crippen molar-refractivity contribution in [1.29, 1.82) is 0 Å². The van der Waals surface area contributed by atoms with Gasteiger partial charge in [0.1, 0.15) is 0 Å². The first-order valence-electron chi connectivity index (χ1n) is 8.71. The van der Waals surface area contributed by atoms with E-state index in [0.29, 0.717) is 63.3 Å². The van der Waals surface area contributed by atoms with E-state index in [0.717, 1.165) is 0 Å². The van der Waals surface area contributed by atoms with Crippen LogP contribution in [-0.4, -0.2) is 68.3 Å². The number of ether oxygens (including phenoxy) is 2. The lowest BCUT2D eigenvalue weighted by Gasteiger charge is -2.32. The second-order valence-corrected chi connectivity index (χ2v) is 6.71. The predicted octanol–water partition coefficient (Wildman–Crippen LogP) is 0.569. The van der Waals surface area contributed by atoms with Crippen LogP contribution < -0.4 is 5.32 Å². The highest BCUT2D eigenvalue weighted by Gasteiger charge is 2.43. The minimum absolute atomic E-state index is 0.0187. The van der Waals surface area contributed by atoms with Gasteiger partial charge in [-0.05, 0) is 24.0 Å². The first kappa shape index (κ1) is 17.8. The van der Waals surface area contributed by atoms with Gasteiger partial charge in [0.15, 0.2) is 0 Å². The molecule has 1 aromatic heterocycles. The lowest BCUT2D eigenvalue weighted by molar-refractivity contribution is -0.124. The van der Waals surface area contributed by atoms with Crippen LogP contribution in [0.4, 0.5) is 0 Å². The predicted molar refractivity (Wildman–Crippen MR) is 90.9 cm³/mol. The Hall–Kier alpha value is -1.99. The third-order valence-electron chi connectivity index (χ3n) is 5.05. The van der Waals surface area contributed by atoms with Gasteiger partial charge in [0.05, 0.1) is 19.8 Å². The number of carbonyl (C=O) groups excluding carboxylic acids is 2. The Morgan fingerprint density at radius 2 is 2.12 bits per heavy atom. The summed E-state index contributed by atoms with van der Waals surface area (Å²) >= 11 is 0. The number of fused-ring (bicyclic) bond motifs is 1. The van der Waals surface area contributed by atoms with Gasteiger partial charge in [-0.1, -0.05) is 0 Å². The van der Waals surface area contributed by atoms with Crippen LogP contribution in [-0.2, 0) is 14.3 Å². The summed E-state index contributed by atoms with van der Waals surface area (Å²) in [6, 6.07) is 3.48. The summed E-state index contributed by atoms with van der Waals surface area (Å²) in [6.07, 6.45) is 3.70. The first-order valence-corrected chi connectivity index (χ1v) is 8.71. The third-order valence-corrected chi connectivity index (χ3v) is 5.05. The maximum Gasteiger partial charge on any atom is 0.253 e. The molecule has 0 aliphatic carbocycles. The highest BCUT2D eigenvalue weighted by Crippen LogP contribution is 2.36. The summed E-state index contributed by atoms with van der Waals surface area (Å²) < 4.78 is 10.6. The maximum absolute atomic E-state index is 12.7. The van der Waals surface area contributed by atoms with Crippen LogP contribution in [0.2, 0.25) is 0 Å². The maximum atomic E-state index is 12.7. The van der Waals surface area contributed by atoms with E-state index in [1.54, 1.807) is 31.6 Å². The number of methoxy groups -OCH3 is 1. The van der Waals surface area contributed by atoms with Gasteiger partial charge in [0.25, 0.3) is 5.91 Å². The molecular formula is C18H25N3O4. The van der Waals surface area contributed by atoms with Gasteiger partial charge in [0.2, 0.25) is 5.91 Å². The Morgan fingerprint density at radius 1 is 1.32 bits per heavy atom. The molecule has 2 amide bonds. The molecule has 0 bridgehead atoms. The number of aromatic nitrogens is 1. The van der Waals surface area contributed by atoms with Crippen molar-refractivity contribution < 1.29 is 19.1 Å². The number of carbonyl (C=O) groups is 2. The van der Waals surface area contributed by atoms with Crippen LogP contribution in [0.3, 0.4) is 0 Å². The van der Waals surface area contributed by atoms with Gasteiger partial charge in [-0.25, -0.2) is 0 Å². The fourth-order valence-corrected chi connectivity index (χ4v) is 3.76. The zero-order chi connectivity index (χ0) is 17.6. The van der Waals surface area contributed by atoms with Gasteiger partial charge in [-0.15, -0.1) is 0 Å². The van der Waals surface area contributed by atoms with Crippen LogP contribution in [0.1, 0.15) is 16.8 Å². The van der Waals surface area contributed by atoms with Gasteiger partial charge < -0.3 is 19.7 Å². The number of nitrogens with zero attached hydrogens (tertiary/aromatic N) is 2. The summed E-state index contributed by atoms with van der Waals surface area (Å²) in [4.78, 5) is 30.6. The molecule has 7 heteroatoms. The Kier molecular flexibility index (Phi) is 5.99. The van der Waals surface area contributed by atoms with Gasteiger partial charge >= 0.3 is 0 Å². The van der Waals surface area contributed by atoms with Crippen LogP contribution in [0.5, 0.6) is 0 Å². The zero-order valence-corrected chi connectivity index (χ0v) is 14.5. The number of nitrogens with one attached hydrogen (secondary N) is 1. The zero-order valence-electron chi connectivity index (χ0n) is 14.5. The molecule has 3 atom stereocenters. The molecule has 0 radical (unpaired) electrons. The third kappa shape index (κ3) is 4.35. The minimum atomic E-state index is 0.0187. The average Bonchev–Trinajstić information content (AvgIpc) is 3.07. The molecule has 2 saturated heterocycles. The molecule has 0 aromatic carbocycles. The van der Waals surface area contributed by atoms with Gasteiger partial charge in [-0.2, -0.15) is 0 Å². The smallest absolute Gasteiger partial charge is 0.253 e. The normalized spacial score (nSPS) is 25.5. The van der Waals surface area contributed by atoms with Crippen molar-refractivity contribution in [1.82, 2.24) is 15.2 Å². The highest BCUT2D eigenvalue weighted by molar-refractivity contribution is 5.94. The van der Waals surface area contributed by atoms with Crippen molar-refractivity contribution in [2.45, 2.75) is 6.42 Å². The van der Waals surface area contributed by atoms with E-state index >= 15 is 0 Å². The monoisotopic (exact) mass is 347 g/mol. The number of amides is 2. The molecule has 0 saturated carbocycles. The summed E-state index contributed by atoms with van der Waals surface area (Å²) in [5.41, 5.74) is 0.656. The van der Waals surface area contributed by atoms with Crippen molar-refractivity contribution in [2.24, 2.45) is 17.8 Å². The van der Waals surface area contributed by atoms with Crippen LogP contribution in [0.15, 0.2) is 24.5 Å². The highest BCUT2D eigenvalue weighted by atomic mass is 16.5. The molecule has 1 N–H and O–H groups in total. The van der Waals surface area contributed by atoms with Crippen LogP contribution in [0.25, 0.3) is 0 Å². The Bertz CT molecular complexity index is 595. The summed E-state index contributed by atoms with van der Waals surface area (Å²) in [6.45, 7) is 3.64. The fourth-order valence-electron chi connectivity index (χ4n) is 3.76. The molecular weight excluding hydrogens is 322 g/mol. The van der Waals surface area contributed by atoms with Crippen molar-refractivity contribution in [3.05, 3.63) is 30.1 Å². The molecule has 136 valence electrons.